The van der Waals surface area contributed by atoms with E-state index >= 15 is 0 Å². The van der Waals surface area contributed by atoms with Gasteiger partial charge in [-0.05, 0) is 142 Å². The number of likely N-dealkylation sites (N-methyl/N-ethyl adjacent to an activating group) is 2. The molecule has 115 heavy (non-hydrogen) atoms. The molecule has 0 unspecified atom stereocenters. The molecule has 14 rings (SSSR count). The second-order valence-corrected chi connectivity index (χ2v) is 32.1. The van der Waals surface area contributed by atoms with Crippen molar-refractivity contribution >= 4 is 98.7 Å². The molecule has 9 aromatic rings. The summed E-state index contributed by atoms with van der Waals surface area (Å²) in [4.78, 5) is 27.1. The first-order chi connectivity index (χ1) is 53.6. The standard InChI is InChI=1S/C39H43N2O5.2C19H19N3O5S.C5H10.C5H9.CH3.Co.Fe/c1-10-40-32-18-34-30(16-28(32)23(3)20-38(40,6)7)36(26-14-12-13-15-27(26)37(43)45-22-44-25(5)42)31-17-29-24(4)21-39(8,9)41(11-2)33(29)19-35(31)46-34;2*1-27-11-10-20-28(25,26)14-7-9-17(23)16(12-14)21-22-19-15-5-3-2-4-13(15)6-8-18(19)24;2*1-2-4-5-3-1;;;/h12-21H,10-11,22H2,1-9H3;2*2-9,12,20,23-24H,10-11H2,1H3;1-5H2;1H,2-5H2;1H3;;/q+1;;;;2*-1;;+2. The van der Waals surface area contributed by atoms with Gasteiger partial charge in [0, 0.05) is 121 Å². The number of phenolic OH excluding ortho intramolecular Hbond substituents is 4. The van der Waals surface area contributed by atoms with Gasteiger partial charge >= 0.3 is 29.0 Å². The van der Waals surface area contributed by atoms with Crippen molar-refractivity contribution in [2.75, 3.05) is 65.3 Å². The summed E-state index contributed by atoms with van der Waals surface area (Å²) in [5.74, 6) is -0.243. The summed E-state index contributed by atoms with van der Waals surface area (Å²) in [7, 11) is -4.64. The van der Waals surface area contributed by atoms with Crippen molar-refractivity contribution in [1.29, 1.82) is 0 Å². The summed E-state index contributed by atoms with van der Waals surface area (Å²) in [5.41, 5.74) is 8.72. The summed E-state index contributed by atoms with van der Waals surface area (Å²) in [6, 6.07) is 44.7. The molecule has 0 aromatic heterocycles. The molecule has 0 amide bonds. The van der Waals surface area contributed by atoms with Crippen LogP contribution in [0.15, 0.2) is 200 Å². The number of nitrogens with zero attached hydrogens (tertiary/aromatic N) is 6. The zero-order chi connectivity index (χ0) is 80.5. The third-order valence-electron chi connectivity index (χ3n) is 19.7. The van der Waals surface area contributed by atoms with Gasteiger partial charge in [-0.1, -0.05) is 130 Å². The predicted octanol–water partition coefficient (Wildman–Crippen LogP) is 17.8. The van der Waals surface area contributed by atoms with Gasteiger partial charge in [-0.2, -0.15) is 12.8 Å². The Bertz CT molecular complexity index is 5270. The monoisotopic (exact) mass is 1690 g/mol. The van der Waals surface area contributed by atoms with Crippen LogP contribution in [0.4, 0.5) is 28.4 Å². The van der Waals surface area contributed by atoms with Crippen molar-refractivity contribution < 1.29 is 104 Å². The Morgan fingerprint density at radius 3 is 1.56 bits per heavy atom. The molecule has 9 aromatic carbocycles. The van der Waals surface area contributed by atoms with Crippen LogP contribution in [0.25, 0.3) is 38.3 Å². The first kappa shape index (κ1) is 92.5. The number of benzene rings is 9. The van der Waals surface area contributed by atoms with Crippen molar-refractivity contribution in [2.24, 2.45) is 20.5 Å². The molecule has 0 bridgehead atoms. The van der Waals surface area contributed by atoms with Crippen molar-refractivity contribution in [3.8, 4) is 34.5 Å². The predicted molar refractivity (Wildman–Crippen MR) is 445 cm³/mol. The number of allylic oxidation sites excluding steroid dienone is 2. The van der Waals surface area contributed by atoms with E-state index in [-0.39, 0.29) is 134 Å². The van der Waals surface area contributed by atoms with Crippen LogP contribution in [0.2, 0.25) is 0 Å². The van der Waals surface area contributed by atoms with Gasteiger partial charge in [0.25, 0.3) is 0 Å². The second kappa shape index (κ2) is 41.8. The number of carbonyl (C=O) groups excluding carboxylic acids is 2. The zero-order valence-electron chi connectivity index (χ0n) is 67.0. The Morgan fingerprint density at radius 1 is 0.574 bits per heavy atom. The molecule has 2 aliphatic carbocycles. The SMILES string of the molecule is C1CCCC1.CCN1c2cc3c(cc2C(C)=CC1(C)C)C(c1ccccc1C(=O)OCOC(C)=O)=c1cc2c(cc1O3)=[N+](CC)C(C)(C)C=C2C.COCCNS(=O)(=O)c1ccc(O)c(N=Nc2c(O)ccc3ccccc23)c1.COCCNS(=O)(=O)c1ccc(O)c(N=Nc2c(O)ccc3ccccc23)c1.[CH-]1CCCC1.[CH3-].[Co].[Fe+2]. The zero-order valence-corrected chi connectivity index (χ0v) is 70.8. The Morgan fingerprint density at radius 2 is 1.07 bits per heavy atom. The average molecular weight is 1690 g/mol. The van der Waals surface area contributed by atoms with E-state index in [0.717, 1.165) is 79.5 Å². The molecule has 0 spiro atoms. The van der Waals surface area contributed by atoms with Gasteiger partial charge in [0.15, 0.2) is 5.54 Å². The number of nitrogens with one attached hydrogen (secondary N) is 2. The number of ether oxygens (including phenoxy) is 5. The molecule has 0 atom stereocenters. The summed E-state index contributed by atoms with van der Waals surface area (Å²) < 4.78 is 83.3. The number of phenols is 4. The van der Waals surface area contributed by atoms with Crippen LogP contribution in [0, 0.1) is 13.8 Å². The molecule has 27 heteroatoms. The number of hydrogen-bond donors (Lipinski definition) is 6. The number of rotatable bonds is 20. The van der Waals surface area contributed by atoms with Crippen LogP contribution >= 0.6 is 0 Å². The molecule has 6 N–H and O–H groups in total. The maximum absolute atomic E-state index is 13.5. The molecule has 3 heterocycles. The van der Waals surface area contributed by atoms with E-state index in [4.69, 9.17) is 23.7 Å². The quantitative estimate of drug-likeness (QED) is 0.00786. The second-order valence-electron chi connectivity index (χ2n) is 28.5. The fraction of sp³-hybridized carbons (Fsp3) is 0.330. The summed E-state index contributed by atoms with van der Waals surface area (Å²) >= 11 is 0. The number of azo groups is 2. The van der Waals surface area contributed by atoms with E-state index in [9.17, 15) is 46.9 Å². The van der Waals surface area contributed by atoms with Crippen molar-refractivity contribution in [2.45, 2.75) is 141 Å². The first-order valence-electron chi connectivity index (χ1n) is 37.6. The van der Waals surface area contributed by atoms with E-state index in [1.807, 2.05) is 42.5 Å². The minimum absolute atomic E-state index is 0. The number of sulfonamides is 2. The van der Waals surface area contributed by atoms with Gasteiger partial charge in [-0.3, -0.25) is 4.79 Å². The summed E-state index contributed by atoms with van der Waals surface area (Å²) in [6.07, 6.45) is 20.1. The smallest absolute Gasteiger partial charge is 0.506 e. The molecule has 613 valence electrons. The number of methoxy groups -OCH3 is 2. The number of esters is 2. The van der Waals surface area contributed by atoms with Gasteiger partial charge in [0.05, 0.1) is 40.2 Å². The fourth-order valence-electron chi connectivity index (χ4n) is 14.3. The maximum atomic E-state index is 13.5. The molecule has 3 aliphatic heterocycles. The molecule has 0 saturated heterocycles. The average Bonchev–Trinajstić information content (AvgIpc) is 1.04. The van der Waals surface area contributed by atoms with Gasteiger partial charge in [-0.15, -0.1) is 20.5 Å². The van der Waals surface area contributed by atoms with E-state index in [1.165, 1.54) is 139 Å². The number of anilines is 1. The van der Waals surface area contributed by atoms with Gasteiger partial charge in [0.2, 0.25) is 32.2 Å². The van der Waals surface area contributed by atoms with E-state index in [1.54, 1.807) is 42.5 Å². The van der Waals surface area contributed by atoms with Crippen molar-refractivity contribution in [3.05, 3.63) is 222 Å². The van der Waals surface area contributed by atoms with E-state index in [0.29, 0.717) is 16.3 Å². The van der Waals surface area contributed by atoms with Crippen LogP contribution in [0.5, 0.6) is 34.5 Å². The minimum atomic E-state index is -3.79. The number of aromatic hydroxyl groups is 4. The topological polar surface area (TPSA) is 309 Å². The van der Waals surface area contributed by atoms with Crippen molar-refractivity contribution in [3.63, 3.8) is 0 Å². The molecule has 1 radical (unpaired) electrons. The van der Waals surface area contributed by atoms with Crippen molar-refractivity contribution in [1.82, 2.24) is 14.0 Å². The van der Waals surface area contributed by atoms with Crippen LogP contribution in [-0.2, 0) is 77.6 Å². The molecular formula is C88H103CoFeN8O15S2+. The van der Waals surface area contributed by atoms with Crippen LogP contribution in [0.3, 0.4) is 0 Å². The molecule has 5 aliphatic rings. The molecule has 23 nitrogen and oxygen atoms in total. The Labute approximate surface area is 695 Å². The third kappa shape index (κ3) is 22.7. The molecule has 2 saturated carbocycles. The Hall–Kier alpha value is -9.64. The number of carbonyl (C=O) groups is 2. The Balaban J connectivity index is 0.000000230. The van der Waals surface area contributed by atoms with E-state index in [2.05, 4.69) is 138 Å². The third-order valence-corrected chi connectivity index (χ3v) is 22.6. The van der Waals surface area contributed by atoms with Gasteiger partial charge in [0.1, 0.15) is 63.8 Å². The normalized spacial score (nSPS) is 14.8. The first-order valence-corrected chi connectivity index (χ1v) is 40.5. The maximum Gasteiger partial charge on any atom is 2.00 e. The number of hydrogen-bond acceptors (Lipinski definition) is 20. The molecule has 2 fully saturated rings. The van der Waals surface area contributed by atoms with Crippen LogP contribution in [-0.4, -0.2) is 121 Å². The number of fused-ring (bicyclic) bond motifs is 6. The Kier molecular flexibility index (Phi) is 33.6. The van der Waals surface area contributed by atoms with Gasteiger partial charge in [-0.25, -0.2) is 35.6 Å². The minimum Gasteiger partial charge on any atom is -0.506 e. The van der Waals surface area contributed by atoms with E-state index < -0.39 is 38.8 Å². The molecular weight excluding hydrogens is 1590 g/mol. The van der Waals surface area contributed by atoms with Crippen LogP contribution in [0.1, 0.15) is 153 Å². The fourth-order valence-corrected chi connectivity index (χ4v) is 16.4. The van der Waals surface area contributed by atoms with Crippen LogP contribution < -0.4 is 34.2 Å². The summed E-state index contributed by atoms with van der Waals surface area (Å²) in [6.45, 7) is 20.8. The van der Waals surface area contributed by atoms with Gasteiger partial charge < -0.3 is 62.9 Å². The largest absolute Gasteiger partial charge is 2.00 e. The summed E-state index contributed by atoms with van der Waals surface area (Å²) in [5, 5.41) is 61.4.